The summed E-state index contributed by atoms with van der Waals surface area (Å²) in [5.74, 6) is -1.67. The standard InChI is InChI=1S/C11H10N2O4/c14-9-4-7-3-6(1-2-8(7)13-9)11(17)12-5-10(15)16/h1-3H,4-5H2,(H,12,17)(H,13,14)(H,15,16). The van der Waals surface area contributed by atoms with Crippen LogP contribution in [0.1, 0.15) is 15.9 Å². The number of carboxylic acids is 1. The van der Waals surface area contributed by atoms with Crippen molar-refractivity contribution in [1.82, 2.24) is 5.32 Å². The lowest BCUT2D eigenvalue weighted by Crippen LogP contribution is -2.29. The first kappa shape index (κ1) is 11.1. The molecule has 2 rings (SSSR count). The number of hydrogen-bond acceptors (Lipinski definition) is 3. The molecule has 0 atom stereocenters. The van der Waals surface area contributed by atoms with Crippen molar-refractivity contribution in [2.45, 2.75) is 6.42 Å². The lowest BCUT2D eigenvalue weighted by molar-refractivity contribution is -0.135. The van der Waals surface area contributed by atoms with Gasteiger partial charge in [0, 0.05) is 11.3 Å². The molecule has 1 heterocycles. The maximum Gasteiger partial charge on any atom is 0.322 e. The number of anilines is 1. The predicted octanol–water partition coefficient (Wildman–Crippen LogP) is -0.00440. The van der Waals surface area contributed by atoms with E-state index in [2.05, 4.69) is 10.6 Å². The molecule has 0 radical (unpaired) electrons. The van der Waals surface area contributed by atoms with E-state index in [1.54, 1.807) is 18.2 Å². The average Bonchev–Trinajstić information content (AvgIpc) is 2.64. The van der Waals surface area contributed by atoms with Crippen molar-refractivity contribution in [2.75, 3.05) is 11.9 Å². The number of amides is 2. The van der Waals surface area contributed by atoms with E-state index in [1.165, 1.54) is 0 Å². The van der Waals surface area contributed by atoms with Crippen LogP contribution in [0.4, 0.5) is 5.69 Å². The third-order valence-electron chi connectivity index (χ3n) is 2.39. The minimum absolute atomic E-state index is 0.108. The minimum Gasteiger partial charge on any atom is -0.480 e. The molecule has 0 saturated heterocycles. The second-order valence-electron chi connectivity index (χ2n) is 3.67. The number of benzene rings is 1. The molecule has 3 N–H and O–H groups in total. The largest absolute Gasteiger partial charge is 0.480 e. The van der Waals surface area contributed by atoms with Gasteiger partial charge in [-0.1, -0.05) is 0 Å². The Kier molecular flexibility index (Phi) is 2.78. The highest BCUT2D eigenvalue weighted by Gasteiger charge is 2.19. The van der Waals surface area contributed by atoms with Crippen molar-refractivity contribution < 1.29 is 19.5 Å². The molecule has 0 unspecified atom stereocenters. The first-order valence-electron chi connectivity index (χ1n) is 4.99. The predicted molar refractivity (Wildman–Crippen MR) is 58.7 cm³/mol. The van der Waals surface area contributed by atoms with Crippen molar-refractivity contribution >= 4 is 23.5 Å². The Bertz CT molecular complexity index is 510. The van der Waals surface area contributed by atoms with Crippen molar-refractivity contribution in [3.63, 3.8) is 0 Å². The van der Waals surface area contributed by atoms with Crippen LogP contribution in [0.2, 0.25) is 0 Å². The number of carbonyl (C=O) groups is 3. The molecule has 0 aromatic heterocycles. The van der Waals surface area contributed by atoms with Crippen LogP contribution in [0.15, 0.2) is 18.2 Å². The lowest BCUT2D eigenvalue weighted by atomic mass is 10.1. The molecule has 1 aliphatic rings. The third-order valence-corrected chi connectivity index (χ3v) is 2.39. The molecular formula is C11H10N2O4. The van der Waals surface area contributed by atoms with Crippen molar-refractivity contribution in [3.05, 3.63) is 29.3 Å². The number of hydrogen-bond donors (Lipinski definition) is 3. The molecule has 0 bridgehead atoms. The number of aliphatic carboxylic acids is 1. The fraction of sp³-hybridized carbons (Fsp3) is 0.182. The smallest absolute Gasteiger partial charge is 0.322 e. The summed E-state index contributed by atoms with van der Waals surface area (Å²) in [6.07, 6.45) is 0.245. The lowest BCUT2D eigenvalue weighted by Gasteiger charge is -2.04. The highest BCUT2D eigenvalue weighted by atomic mass is 16.4. The molecule has 1 aromatic rings. The van der Waals surface area contributed by atoms with Crippen LogP contribution < -0.4 is 10.6 Å². The van der Waals surface area contributed by atoms with Crippen LogP contribution in [-0.2, 0) is 16.0 Å². The van der Waals surface area contributed by atoms with Crippen molar-refractivity contribution in [1.29, 1.82) is 0 Å². The topological polar surface area (TPSA) is 95.5 Å². The van der Waals surface area contributed by atoms with Crippen molar-refractivity contribution in [2.24, 2.45) is 0 Å². The Hall–Kier alpha value is -2.37. The number of nitrogens with one attached hydrogen (secondary N) is 2. The average molecular weight is 234 g/mol. The van der Waals surface area contributed by atoms with E-state index in [9.17, 15) is 14.4 Å². The fourth-order valence-electron chi connectivity index (χ4n) is 1.63. The van der Waals surface area contributed by atoms with Gasteiger partial charge < -0.3 is 15.7 Å². The Morgan fingerprint density at radius 2 is 2.18 bits per heavy atom. The molecule has 17 heavy (non-hydrogen) atoms. The minimum atomic E-state index is -1.10. The summed E-state index contributed by atoms with van der Waals surface area (Å²) < 4.78 is 0. The molecule has 1 aromatic carbocycles. The molecular weight excluding hydrogens is 224 g/mol. The zero-order chi connectivity index (χ0) is 12.4. The Morgan fingerprint density at radius 3 is 2.88 bits per heavy atom. The van der Waals surface area contributed by atoms with Gasteiger partial charge in [0.1, 0.15) is 6.54 Å². The second-order valence-corrected chi connectivity index (χ2v) is 3.67. The van der Waals surface area contributed by atoms with Crippen LogP contribution in [0.3, 0.4) is 0 Å². The van der Waals surface area contributed by atoms with Crippen LogP contribution in [0.25, 0.3) is 0 Å². The molecule has 88 valence electrons. The van der Waals surface area contributed by atoms with Gasteiger partial charge in [0.25, 0.3) is 5.91 Å². The van der Waals surface area contributed by atoms with E-state index in [0.29, 0.717) is 11.3 Å². The molecule has 6 nitrogen and oxygen atoms in total. The number of fused-ring (bicyclic) bond motifs is 1. The number of carbonyl (C=O) groups excluding carboxylic acids is 2. The summed E-state index contributed by atoms with van der Waals surface area (Å²) in [4.78, 5) is 33.0. The summed E-state index contributed by atoms with van der Waals surface area (Å²) in [7, 11) is 0. The molecule has 0 spiro atoms. The first-order valence-corrected chi connectivity index (χ1v) is 4.99. The van der Waals surface area contributed by atoms with Gasteiger partial charge in [0.05, 0.1) is 6.42 Å². The SMILES string of the molecule is O=C(O)CNC(=O)c1ccc2c(c1)CC(=O)N2. The Balaban J connectivity index is 2.13. The first-order chi connectivity index (χ1) is 8.06. The summed E-state index contributed by atoms with van der Waals surface area (Å²) >= 11 is 0. The zero-order valence-electron chi connectivity index (χ0n) is 8.82. The maximum absolute atomic E-state index is 11.6. The van der Waals surface area contributed by atoms with E-state index in [4.69, 9.17) is 5.11 Å². The summed E-state index contributed by atoms with van der Waals surface area (Å²) in [5, 5.41) is 13.3. The van der Waals surface area contributed by atoms with Gasteiger partial charge in [0.2, 0.25) is 5.91 Å². The molecule has 0 aliphatic carbocycles. The molecule has 6 heteroatoms. The third kappa shape index (κ3) is 2.41. The van der Waals surface area contributed by atoms with E-state index < -0.39 is 18.4 Å². The van der Waals surface area contributed by atoms with E-state index >= 15 is 0 Å². The maximum atomic E-state index is 11.6. The quantitative estimate of drug-likeness (QED) is 0.685. The summed E-state index contributed by atoms with van der Waals surface area (Å²) in [6.45, 7) is -0.424. The highest BCUT2D eigenvalue weighted by molar-refractivity contribution is 6.02. The van der Waals surface area contributed by atoms with Crippen LogP contribution >= 0.6 is 0 Å². The van der Waals surface area contributed by atoms with Crippen LogP contribution in [0.5, 0.6) is 0 Å². The highest BCUT2D eigenvalue weighted by Crippen LogP contribution is 2.23. The summed E-state index contributed by atoms with van der Waals surface area (Å²) in [6, 6.07) is 4.77. The van der Waals surface area contributed by atoms with Crippen LogP contribution in [0, 0.1) is 0 Å². The Labute approximate surface area is 96.6 Å². The van der Waals surface area contributed by atoms with Gasteiger partial charge >= 0.3 is 5.97 Å². The molecule has 2 amide bonds. The molecule has 1 aliphatic heterocycles. The fourth-order valence-corrected chi connectivity index (χ4v) is 1.63. The monoisotopic (exact) mass is 234 g/mol. The van der Waals surface area contributed by atoms with Gasteiger partial charge in [0.15, 0.2) is 0 Å². The van der Waals surface area contributed by atoms with E-state index in [1.807, 2.05) is 0 Å². The van der Waals surface area contributed by atoms with Gasteiger partial charge in [-0.3, -0.25) is 14.4 Å². The van der Waals surface area contributed by atoms with Gasteiger partial charge in [-0.25, -0.2) is 0 Å². The zero-order valence-corrected chi connectivity index (χ0v) is 8.82. The van der Waals surface area contributed by atoms with Gasteiger partial charge in [-0.05, 0) is 23.8 Å². The van der Waals surface area contributed by atoms with Gasteiger partial charge in [-0.2, -0.15) is 0 Å². The Morgan fingerprint density at radius 1 is 1.41 bits per heavy atom. The van der Waals surface area contributed by atoms with E-state index in [0.717, 1.165) is 5.56 Å². The van der Waals surface area contributed by atoms with Crippen molar-refractivity contribution in [3.8, 4) is 0 Å². The number of carboxylic acid groups (broad SMARTS) is 1. The van der Waals surface area contributed by atoms with Gasteiger partial charge in [-0.15, -0.1) is 0 Å². The van der Waals surface area contributed by atoms with Crippen LogP contribution in [-0.4, -0.2) is 29.4 Å². The second kappa shape index (κ2) is 4.25. The summed E-state index contributed by atoms with van der Waals surface area (Å²) in [5.41, 5.74) is 1.80. The molecule has 0 saturated carbocycles. The number of rotatable bonds is 3. The normalized spacial score (nSPS) is 12.8. The van der Waals surface area contributed by atoms with E-state index in [-0.39, 0.29) is 12.3 Å². The molecule has 0 fully saturated rings.